The monoisotopic (exact) mass is 431 g/mol. The second kappa shape index (κ2) is 8.47. The molecule has 0 radical (unpaired) electrons. The van der Waals surface area contributed by atoms with E-state index in [0.29, 0.717) is 34.7 Å². The van der Waals surface area contributed by atoms with Gasteiger partial charge in [0.25, 0.3) is 0 Å². The Labute approximate surface area is 187 Å². The first-order chi connectivity index (χ1) is 15.5. The Morgan fingerprint density at radius 2 is 2.00 bits per heavy atom. The van der Waals surface area contributed by atoms with E-state index < -0.39 is 0 Å². The molecule has 5 nitrogen and oxygen atoms in total. The molecule has 3 aromatic rings. The van der Waals surface area contributed by atoms with Crippen LogP contribution in [0.4, 0.5) is 0 Å². The van der Waals surface area contributed by atoms with Gasteiger partial charge in [-0.15, -0.1) is 0 Å². The van der Waals surface area contributed by atoms with E-state index in [1.165, 1.54) is 11.1 Å². The van der Waals surface area contributed by atoms with E-state index >= 15 is 0 Å². The summed E-state index contributed by atoms with van der Waals surface area (Å²) in [5.41, 5.74) is 2.64. The summed E-state index contributed by atoms with van der Waals surface area (Å²) in [4.78, 5) is 12.2. The Morgan fingerprint density at radius 3 is 2.84 bits per heavy atom. The number of ether oxygens (including phenoxy) is 1. The number of phenols is 1. The van der Waals surface area contributed by atoms with Gasteiger partial charge in [0.2, 0.25) is 0 Å². The van der Waals surface area contributed by atoms with Crippen molar-refractivity contribution in [2.45, 2.75) is 45.8 Å². The number of phenolic OH excluding ortho intramolecular Hbond substituents is 1. The molecule has 5 rings (SSSR count). The molecule has 32 heavy (non-hydrogen) atoms. The number of nitrogens with one attached hydrogen (secondary N) is 1. The Hall–Kier alpha value is -3.05. The summed E-state index contributed by atoms with van der Waals surface area (Å²) < 4.78 is 11.5. The third-order valence-electron chi connectivity index (χ3n) is 6.98. The van der Waals surface area contributed by atoms with Crippen LogP contribution < -0.4 is 15.7 Å². The molecular formula is C27H29NO4. The lowest BCUT2D eigenvalue weighted by molar-refractivity contribution is 0.140. The van der Waals surface area contributed by atoms with Gasteiger partial charge < -0.3 is 19.6 Å². The number of aryl methyl sites for hydroxylation is 1. The van der Waals surface area contributed by atoms with Crippen molar-refractivity contribution in [3.63, 3.8) is 0 Å². The van der Waals surface area contributed by atoms with Crippen LogP contribution in [0.5, 0.6) is 11.5 Å². The lowest BCUT2D eigenvalue weighted by atomic mass is 9.76. The maximum atomic E-state index is 12.2. The van der Waals surface area contributed by atoms with E-state index in [1.54, 1.807) is 13.0 Å². The number of aromatic hydroxyl groups is 1. The number of benzene rings is 2. The molecule has 0 bridgehead atoms. The van der Waals surface area contributed by atoms with Crippen molar-refractivity contribution < 1.29 is 14.3 Å². The predicted octanol–water partition coefficient (Wildman–Crippen LogP) is 5.18. The van der Waals surface area contributed by atoms with Crippen molar-refractivity contribution in [2.24, 2.45) is 11.8 Å². The molecule has 2 aliphatic rings. The molecule has 1 aliphatic heterocycles. The first-order valence-electron chi connectivity index (χ1n) is 11.4. The number of rotatable bonds is 5. The fourth-order valence-electron chi connectivity index (χ4n) is 5.12. The third-order valence-corrected chi connectivity index (χ3v) is 6.98. The van der Waals surface area contributed by atoms with Gasteiger partial charge in [-0.25, -0.2) is 4.79 Å². The maximum Gasteiger partial charge on any atom is 0.346 e. The first-order valence-corrected chi connectivity index (χ1v) is 11.4. The molecule has 2 heterocycles. The maximum absolute atomic E-state index is 12.2. The summed E-state index contributed by atoms with van der Waals surface area (Å²) in [6.45, 7) is 5.77. The zero-order chi connectivity index (χ0) is 22.2. The highest BCUT2D eigenvalue weighted by atomic mass is 16.5. The van der Waals surface area contributed by atoms with E-state index in [-0.39, 0.29) is 11.7 Å². The zero-order valence-corrected chi connectivity index (χ0v) is 18.6. The fourth-order valence-corrected chi connectivity index (χ4v) is 5.12. The van der Waals surface area contributed by atoms with Gasteiger partial charge in [0, 0.05) is 18.0 Å². The summed E-state index contributed by atoms with van der Waals surface area (Å²) in [5.74, 6) is 2.62. The standard InChI is InChI=1S/C27H29NO4/c1-16(14-28-15-20-9-10-24(29)22-6-4-3-5-21(20)22)18-7-8-19-12-23-26(32-25(19)13-18)11-17(2)31-27(23)30/h3-6,9-12,16,18,25,28-29H,7-8,13-15H2,1-2H3/t16?,18-,25?/m0/s1. The van der Waals surface area contributed by atoms with Gasteiger partial charge in [-0.3, -0.25) is 0 Å². The van der Waals surface area contributed by atoms with Crippen LogP contribution in [-0.4, -0.2) is 17.8 Å². The predicted molar refractivity (Wildman–Crippen MR) is 126 cm³/mol. The molecule has 1 aliphatic carbocycles. The summed E-state index contributed by atoms with van der Waals surface area (Å²) >= 11 is 0. The number of hydrogen-bond acceptors (Lipinski definition) is 5. The van der Waals surface area contributed by atoms with Crippen molar-refractivity contribution in [3.8, 4) is 11.5 Å². The minimum absolute atomic E-state index is 0.0472. The SMILES string of the molecule is Cc1cc2c(c(=O)o1)C=C1CC[C@H](C(C)CNCc3ccc(O)c4ccccc34)CC1O2. The molecule has 5 heteroatoms. The van der Waals surface area contributed by atoms with Gasteiger partial charge in [0.1, 0.15) is 28.9 Å². The van der Waals surface area contributed by atoms with Crippen molar-refractivity contribution in [2.75, 3.05) is 6.54 Å². The molecular weight excluding hydrogens is 402 g/mol. The van der Waals surface area contributed by atoms with E-state index in [0.717, 1.165) is 43.1 Å². The molecule has 2 N–H and O–H groups in total. The Bertz CT molecular complexity index is 1240. The summed E-state index contributed by atoms with van der Waals surface area (Å²) in [5, 5.41) is 15.7. The second-order valence-corrected chi connectivity index (χ2v) is 9.18. The molecule has 1 saturated carbocycles. The van der Waals surface area contributed by atoms with Crippen LogP contribution in [-0.2, 0) is 6.54 Å². The third kappa shape index (κ3) is 3.93. The van der Waals surface area contributed by atoms with Gasteiger partial charge in [0.15, 0.2) is 0 Å². The van der Waals surface area contributed by atoms with E-state index in [9.17, 15) is 9.90 Å². The Kier molecular flexibility index (Phi) is 5.51. The summed E-state index contributed by atoms with van der Waals surface area (Å²) in [6, 6.07) is 13.6. The molecule has 166 valence electrons. The van der Waals surface area contributed by atoms with Gasteiger partial charge in [-0.2, -0.15) is 0 Å². The zero-order valence-electron chi connectivity index (χ0n) is 18.6. The van der Waals surface area contributed by atoms with Crippen LogP contribution in [0, 0.1) is 18.8 Å². The lowest BCUT2D eigenvalue weighted by Crippen LogP contribution is -2.36. The van der Waals surface area contributed by atoms with E-state index in [4.69, 9.17) is 9.15 Å². The second-order valence-electron chi connectivity index (χ2n) is 9.18. The molecule has 0 saturated heterocycles. The number of fused-ring (bicyclic) bond motifs is 3. The highest BCUT2D eigenvalue weighted by molar-refractivity contribution is 5.90. The number of hydrogen-bond donors (Lipinski definition) is 2. The van der Waals surface area contributed by atoms with Crippen LogP contribution in [0.25, 0.3) is 16.8 Å². The van der Waals surface area contributed by atoms with Gasteiger partial charge in [-0.05, 0) is 73.2 Å². The van der Waals surface area contributed by atoms with Crippen molar-refractivity contribution in [1.29, 1.82) is 0 Å². The quantitative estimate of drug-likeness (QED) is 0.583. The minimum Gasteiger partial charge on any atom is -0.507 e. The molecule has 0 amide bonds. The van der Waals surface area contributed by atoms with Crippen molar-refractivity contribution in [3.05, 3.63) is 75.3 Å². The van der Waals surface area contributed by atoms with Crippen LogP contribution in [0.2, 0.25) is 0 Å². The molecule has 2 unspecified atom stereocenters. The molecule has 2 aromatic carbocycles. The smallest absolute Gasteiger partial charge is 0.346 e. The van der Waals surface area contributed by atoms with Gasteiger partial charge >= 0.3 is 5.63 Å². The minimum atomic E-state index is -0.313. The van der Waals surface area contributed by atoms with Crippen LogP contribution in [0.3, 0.4) is 0 Å². The average molecular weight is 432 g/mol. The highest BCUT2D eigenvalue weighted by Gasteiger charge is 2.33. The molecule has 1 aromatic heterocycles. The normalized spacial score (nSPS) is 20.8. The van der Waals surface area contributed by atoms with Crippen LogP contribution in [0.1, 0.15) is 43.1 Å². The van der Waals surface area contributed by atoms with Gasteiger partial charge in [-0.1, -0.05) is 37.3 Å². The largest absolute Gasteiger partial charge is 0.507 e. The first kappa shape index (κ1) is 20.8. The van der Waals surface area contributed by atoms with Crippen molar-refractivity contribution in [1.82, 2.24) is 5.32 Å². The highest BCUT2D eigenvalue weighted by Crippen LogP contribution is 2.40. The fraction of sp³-hybridized carbons (Fsp3) is 0.370. The average Bonchev–Trinajstić information content (AvgIpc) is 2.79. The van der Waals surface area contributed by atoms with Gasteiger partial charge in [0.05, 0.1) is 0 Å². The van der Waals surface area contributed by atoms with E-state index in [2.05, 4.69) is 18.3 Å². The Balaban J connectivity index is 1.22. The van der Waals surface area contributed by atoms with E-state index in [1.807, 2.05) is 36.4 Å². The molecule has 0 spiro atoms. The summed E-state index contributed by atoms with van der Waals surface area (Å²) in [7, 11) is 0. The lowest BCUT2D eigenvalue weighted by Gasteiger charge is -2.37. The van der Waals surface area contributed by atoms with Crippen LogP contribution in [0.15, 0.2) is 57.2 Å². The Morgan fingerprint density at radius 1 is 1.19 bits per heavy atom. The van der Waals surface area contributed by atoms with Crippen LogP contribution >= 0.6 is 0 Å². The molecule has 1 fully saturated rings. The van der Waals surface area contributed by atoms with Crippen molar-refractivity contribution >= 4 is 16.8 Å². The summed E-state index contributed by atoms with van der Waals surface area (Å²) in [6.07, 6.45) is 5.06. The topological polar surface area (TPSA) is 71.7 Å². The molecule has 3 atom stereocenters.